The average Bonchev–Trinajstić information content (AvgIpc) is 2.69. The van der Waals surface area contributed by atoms with E-state index in [1.54, 1.807) is 6.07 Å². The number of benzene rings is 1. The van der Waals surface area contributed by atoms with Crippen LogP contribution in [-0.2, 0) is 26.0 Å². The summed E-state index contributed by atoms with van der Waals surface area (Å²) in [5.74, 6) is -0.471. The van der Waals surface area contributed by atoms with Gasteiger partial charge in [0.05, 0.1) is 19.1 Å². The summed E-state index contributed by atoms with van der Waals surface area (Å²) in [6.07, 6.45) is 0.356. The fraction of sp³-hybridized carbons (Fsp3) is 0.684. The monoisotopic (exact) mass is 447 g/mol. The minimum atomic E-state index is -3.90. The van der Waals surface area contributed by atoms with Crippen molar-refractivity contribution in [2.24, 2.45) is 0 Å². The molecule has 1 heterocycles. The minimum Gasteiger partial charge on any atom is -0.504 e. The summed E-state index contributed by atoms with van der Waals surface area (Å²) in [7, 11) is -3.90. The molecule has 4 N–H and O–H groups in total. The highest BCUT2D eigenvalue weighted by molar-refractivity contribution is 7.85. The van der Waals surface area contributed by atoms with Crippen LogP contribution in [0, 0.1) is 0 Å². The number of hydrogen-bond acceptors (Lipinski definition) is 9. The van der Waals surface area contributed by atoms with E-state index in [1.165, 1.54) is 12.1 Å². The van der Waals surface area contributed by atoms with Gasteiger partial charge in [0.15, 0.2) is 17.8 Å². The van der Waals surface area contributed by atoms with Crippen molar-refractivity contribution in [1.82, 2.24) is 15.1 Å². The maximum Gasteiger partial charge on any atom is 0.266 e. The molecule has 1 unspecified atom stereocenters. The van der Waals surface area contributed by atoms with Crippen LogP contribution in [0.1, 0.15) is 12.5 Å². The van der Waals surface area contributed by atoms with Gasteiger partial charge < -0.3 is 19.7 Å². The van der Waals surface area contributed by atoms with Crippen LogP contribution in [-0.4, -0.2) is 104 Å². The van der Waals surface area contributed by atoms with Gasteiger partial charge in [-0.25, -0.2) is 0 Å². The molecule has 1 aromatic rings. The normalized spacial score (nSPS) is 17.3. The van der Waals surface area contributed by atoms with Gasteiger partial charge in [0, 0.05) is 45.8 Å². The molecule has 1 aliphatic heterocycles. The van der Waals surface area contributed by atoms with E-state index in [4.69, 9.17) is 14.0 Å². The molecular weight excluding hydrogens is 414 g/mol. The Balaban J connectivity index is 1.47. The summed E-state index contributed by atoms with van der Waals surface area (Å²) >= 11 is 0. The van der Waals surface area contributed by atoms with Gasteiger partial charge in [-0.3, -0.25) is 19.7 Å². The molecule has 0 spiro atoms. The Hall–Kier alpha value is -1.47. The van der Waals surface area contributed by atoms with Crippen molar-refractivity contribution in [3.8, 4) is 11.5 Å². The van der Waals surface area contributed by atoms with Gasteiger partial charge in [-0.05, 0) is 31.0 Å². The molecule has 0 saturated carbocycles. The first-order valence-electron chi connectivity index (χ1n) is 10.1. The lowest BCUT2D eigenvalue weighted by Gasteiger charge is -2.34. The lowest BCUT2D eigenvalue weighted by Crippen LogP contribution is -2.48. The smallest absolute Gasteiger partial charge is 0.266 e. The topological polar surface area (TPSA) is 132 Å². The molecule has 2 rings (SSSR count). The maximum atomic E-state index is 10.8. The standard InChI is InChI=1S/C19H33N3O7S/c1-16(29-15-20-5-4-17-2-3-18(23)19(24)14-17)28-12-10-21-6-8-22(9-7-21)11-13-30(25,26)27/h2-3,14,16,20,23-24H,4-13,15H2,1H3,(H,25,26,27). The van der Waals surface area contributed by atoms with E-state index in [0.717, 1.165) is 38.3 Å². The van der Waals surface area contributed by atoms with Crippen molar-refractivity contribution >= 4 is 10.1 Å². The zero-order valence-corrected chi connectivity index (χ0v) is 18.2. The van der Waals surface area contributed by atoms with E-state index < -0.39 is 10.1 Å². The van der Waals surface area contributed by atoms with Gasteiger partial charge in [-0.15, -0.1) is 0 Å². The molecule has 1 saturated heterocycles. The molecule has 0 amide bonds. The first-order valence-corrected chi connectivity index (χ1v) is 11.7. The van der Waals surface area contributed by atoms with Crippen molar-refractivity contribution in [1.29, 1.82) is 0 Å². The Bertz CT molecular complexity index is 740. The fourth-order valence-electron chi connectivity index (χ4n) is 3.08. The highest BCUT2D eigenvalue weighted by Crippen LogP contribution is 2.24. The predicted octanol–water partition coefficient (Wildman–Crippen LogP) is 0.0720. The van der Waals surface area contributed by atoms with E-state index in [1.807, 2.05) is 11.8 Å². The first kappa shape index (κ1) is 24.8. The molecule has 0 aliphatic carbocycles. The summed E-state index contributed by atoms with van der Waals surface area (Å²) in [6, 6.07) is 4.77. The number of hydrogen-bond donors (Lipinski definition) is 4. The van der Waals surface area contributed by atoms with E-state index in [2.05, 4.69) is 10.2 Å². The Morgan fingerprint density at radius 2 is 1.73 bits per heavy atom. The Labute approximate surface area is 178 Å². The predicted molar refractivity (Wildman–Crippen MR) is 112 cm³/mol. The number of rotatable bonds is 13. The molecule has 1 aliphatic rings. The second kappa shape index (κ2) is 12.4. The third-order valence-corrected chi connectivity index (χ3v) is 5.64. The molecule has 1 atom stereocenters. The van der Waals surface area contributed by atoms with Gasteiger partial charge in [-0.1, -0.05) is 6.07 Å². The lowest BCUT2D eigenvalue weighted by atomic mass is 10.1. The molecule has 0 radical (unpaired) electrons. The molecule has 11 heteroatoms. The van der Waals surface area contributed by atoms with Crippen LogP contribution in [0.2, 0.25) is 0 Å². The van der Waals surface area contributed by atoms with Crippen LogP contribution in [0.3, 0.4) is 0 Å². The number of aromatic hydroxyl groups is 2. The second-order valence-electron chi connectivity index (χ2n) is 7.29. The average molecular weight is 448 g/mol. The Morgan fingerprint density at radius 3 is 2.37 bits per heavy atom. The largest absolute Gasteiger partial charge is 0.504 e. The summed E-state index contributed by atoms with van der Waals surface area (Å²) in [6.45, 7) is 7.72. The van der Waals surface area contributed by atoms with Crippen LogP contribution >= 0.6 is 0 Å². The molecule has 0 aromatic heterocycles. The quantitative estimate of drug-likeness (QED) is 0.143. The van der Waals surface area contributed by atoms with Crippen molar-refractivity contribution in [3.63, 3.8) is 0 Å². The van der Waals surface area contributed by atoms with Gasteiger partial charge in [0.1, 0.15) is 0 Å². The zero-order chi connectivity index (χ0) is 22.0. The SMILES string of the molecule is CC(OCCN1CCN(CCS(=O)(=O)O)CC1)OCNCCc1ccc(O)c(O)c1. The number of nitrogens with zero attached hydrogens (tertiary/aromatic N) is 2. The summed E-state index contributed by atoms with van der Waals surface area (Å²) in [5, 5.41) is 21.9. The minimum absolute atomic E-state index is 0.120. The van der Waals surface area contributed by atoms with Crippen molar-refractivity contribution in [3.05, 3.63) is 23.8 Å². The van der Waals surface area contributed by atoms with Gasteiger partial charge in [0.2, 0.25) is 0 Å². The fourth-order valence-corrected chi connectivity index (χ4v) is 3.57. The van der Waals surface area contributed by atoms with Crippen LogP contribution in [0.5, 0.6) is 11.5 Å². The summed E-state index contributed by atoms with van der Waals surface area (Å²) < 4.78 is 41.7. The molecule has 172 valence electrons. The lowest BCUT2D eigenvalue weighted by molar-refractivity contribution is -0.137. The Morgan fingerprint density at radius 1 is 1.07 bits per heavy atom. The number of ether oxygens (including phenoxy) is 2. The third-order valence-electron chi connectivity index (χ3n) is 4.94. The van der Waals surface area contributed by atoms with Crippen LogP contribution < -0.4 is 5.32 Å². The first-order chi connectivity index (χ1) is 14.2. The second-order valence-corrected chi connectivity index (χ2v) is 8.86. The molecule has 30 heavy (non-hydrogen) atoms. The van der Waals surface area contributed by atoms with Gasteiger partial charge in [0.25, 0.3) is 10.1 Å². The number of phenols is 2. The highest BCUT2D eigenvalue weighted by Gasteiger charge is 2.18. The zero-order valence-electron chi connectivity index (χ0n) is 17.4. The molecule has 1 aromatic carbocycles. The third kappa shape index (κ3) is 10.0. The number of nitrogens with one attached hydrogen (secondary N) is 1. The maximum absolute atomic E-state index is 10.8. The van der Waals surface area contributed by atoms with Gasteiger partial charge in [-0.2, -0.15) is 8.42 Å². The van der Waals surface area contributed by atoms with E-state index >= 15 is 0 Å². The molecular formula is C19H33N3O7S. The summed E-state index contributed by atoms with van der Waals surface area (Å²) in [4.78, 5) is 4.28. The highest BCUT2D eigenvalue weighted by atomic mass is 32.2. The molecule has 0 bridgehead atoms. The number of phenolic OH excluding ortho intramolecular Hbond substituents is 2. The van der Waals surface area contributed by atoms with E-state index in [9.17, 15) is 18.6 Å². The van der Waals surface area contributed by atoms with Crippen molar-refractivity contribution < 1.29 is 32.7 Å². The van der Waals surface area contributed by atoms with Crippen LogP contribution in [0.25, 0.3) is 0 Å². The van der Waals surface area contributed by atoms with Crippen LogP contribution in [0.15, 0.2) is 18.2 Å². The Kier molecular flexibility index (Phi) is 10.2. The number of piperazine rings is 1. The molecule has 10 nitrogen and oxygen atoms in total. The summed E-state index contributed by atoms with van der Waals surface area (Å²) in [5.41, 5.74) is 0.917. The van der Waals surface area contributed by atoms with Crippen molar-refractivity contribution in [2.75, 3.05) is 64.9 Å². The van der Waals surface area contributed by atoms with E-state index in [0.29, 0.717) is 32.8 Å². The van der Waals surface area contributed by atoms with Crippen LogP contribution in [0.4, 0.5) is 0 Å². The van der Waals surface area contributed by atoms with E-state index in [-0.39, 0.29) is 23.5 Å². The molecule has 1 fully saturated rings. The van der Waals surface area contributed by atoms with Crippen molar-refractivity contribution in [2.45, 2.75) is 19.6 Å². The van der Waals surface area contributed by atoms with Gasteiger partial charge >= 0.3 is 0 Å².